The lowest BCUT2D eigenvalue weighted by atomic mass is 10.3. The van der Waals surface area contributed by atoms with E-state index in [2.05, 4.69) is 0 Å². The van der Waals surface area contributed by atoms with Crippen LogP contribution < -0.4 is 0 Å². The first-order valence-electron chi connectivity index (χ1n) is 3.47. The van der Waals surface area contributed by atoms with Crippen molar-refractivity contribution in [3.8, 4) is 0 Å². The summed E-state index contributed by atoms with van der Waals surface area (Å²) in [5.41, 5.74) is 0. The minimum absolute atomic E-state index is 0.209. The molecule has 0 aliphatic heterocycles. The van der Waals surface area contributed by atoms with Gasteiger partial charge < -0.3 is 4.74 Å². The van der Waals surface area contributed by atoms with Crippen LogP contribution in [0.4, 0.5) is 0 Å². The van der Waals surface area contributed by atoms with E-state index in [0.29, 0.717) is 24.3 Å². The third kappa shape index (κ3) is 7.90. The van der Waals surface area contributed by atoms with Crippen LogP contribution in [-0.4, -0.2) is 30.9 Å². The molecule has 0 aliphatic rings. The van der Waals surface area contributed by atoms with Crippen molar-refractivity contribution in [2.45, 2.75) is 19.3 Å². The predicted molar refractivity (Wildman–Crippen MR) is 49.9 cm³/mol. The molecule has 4 nitrogen and oxygen atoms in total. The molecule has 0 saturated heterocycles. The average Bonchev–Trinajstić information content (AvgIpc) is 1.96. The number of ether oxygens (including phenoxy) is 1. The van der Waals surface area contributed by atoms with E-state index in [0.717, 1.165) is 0 Å². The molecule has 0 unspecified atom stereocenters. The zero-order valence-corrected chi connectivity index (χ0v) is 8.45. The number of methoxy groups -OCH3 is 1. The van der Waals surface area contributed by atoms with Gasteiger partial charge in [0.15, 0.2) is 5.05 Å². The van der Waals surface area contributed by atoms with E-state index in [1.54, 1.807) is 0 Å². The van der Waals surface area contributed by atoms with Crippen LogP contribution in [0.25, 0.3) is 0 Å². The van der Waals surface area contributed by atoms with E-state index >= 15 is 0 Å². The van der Waals surface area contributed by atoms with Crippen LogP contribution in [0.2, 0.25) is 0 Å². The third-order valence-corrected chi connectivity index (χ3v) is 2.44. The Balaban J connectivity index is 3.40. The molecule has 0 spiro atoms. The summed E-state index contributed by atoms with van der Waals surface area (Å²) >= 11 is 4.73. The monoisotopic (exact) mass is 212 g/mol. The lowest BCUT2D eigenvalue weighted by molar-refractivity contribution is 0.400. The van der Waals surface area contributed by atoms with Crippen LogP contribution in [0.15, 0.2) is 0 Å². The fraction of sp³-hybridized carbons (Fsp3) is 0.833. The van der Waals surface area contributed by atoms with Gasteiger partial charge >= 0.3 is 0 Å². The maximum atomic E-state index is 10.2. The van der Waals surface area contributed by atoms with Gasteiger partial charge in [-0.25, -0.2) is 0 Å². The molecule has 0 radical (unpaired) electrons. The average molecular weight is 212 g/mol. The Morgan fingerprint density at radius 3 is 2.50 bits per heavy atom. The van der Waals surface area contributed by atoms with E-state index in [-0.39, 0.29) is 5.75 Å². The highest BCUT2D eigenvalue weighted by atomic mass is 32.2. The van der Waals surface area contributed by atoms with E-state index in [1.807, 2.05) is 0 Å². The van der Waals surface area contributed by atoms with Gasteiger partial charge in [0.25, 0.3) is 10.1 Å². The summed E-state index contributed by atoms with van der Waals surface area (Å²) in [6, 6.07) is 0. The summed E-state index contributed by atoms with van der Waals surface area (Å²) in [6.07, 6.45) is 1.58. The molecule has 0 aromatic heterocycles. The molecule has 12 heavy (non-hydrogen) atoms. The van der Waals surface area contributed by atoms with Crippen molar-refractivity contribution in [3.05, 3.63) is 0 Å². The summed E-state index contributed by atoms with van der Waals surface area (Å²) in [5, 5.41) is 0.463. The molecule has 0 fully saturated rings. The molecule has 0 heterocycles. The standard InChI is InChI=1S/C6H12O4S2/c1-10-6(11)4-2-3-5-12(7,8)9/h2-5H2,1H3,(H,7,8,9). The SMILES string of the molecule is COC(=S)CCCCS(=O)(=O)O. The molecule has 0 saturated carbocycles. The number of hydrogen-bond acceptors (Lipinski definition) is 4. The molecule has 0 bridgehead atoms. The zero-order valence-electron chi connectivity index (χ0n) is 6.82. The molecule has 0 rings (SSSR count). The van der Waals surface area contributed by atoms with Gasteiger partial charge in [-0.1, -0.05) is 0 Å². The predicted octanol–water partition coefficient (Wildman–Crippen LogP) is 1.02. The number of thiocarbonyl (C=S) groups is 1. The van der Waals surface area contributed by atoms with Crippen LogP contribution in [0.1, 0.15) is 19.3 Å². The molecule has 0 atom stereocenters. The maximum Gasteiger partial charge on any atom is 0.264 e. The van der Waals surface area contributed by atoms with Crippen LogP contribution in [0.3, 0.4) is 0 Å². The van der Waals surface area contributed by atoms with Crippen LogP contribution >= 0.6 is 12.2 Å². The second-order valence-corrected chi connectivity index (χ2v) is 4.35. The highest BCUT2D eigenvalue weighted by Gasteiger charge is 2.03. The van der Waals surface area contributed by atoms with E-state index in [9.17, 15) is 8.42 Å². The van der Waals surface area contributed by atoms with Gasteiger partial charge in [-0.3, -0.25) is 4.55 Å². The van der Waals surface area contributed by atoms with Gasteiger partial charge in [-0.15, -0.1) is 0 Å². The summed E-state index contributed by atoms with van der Waals surface area (Å²) in [4.78, 5) is 0. The van der Waals surface area contributed by atoms with Crippen LogP contribution in [-0.2, 0) is 14.9 Å². The van der Waals surface area contributed by atoms with E-state index in [1.165, 1.54) is 7.11 Å². The minimum Gasteiger partial charge on any atom is -0.490 e. The molecule has 1 N–H and O–H groups in total. The summed E-state index contributed by atoms with van der Waals surface area (Å²) < 4.78 is 33.5. The quantitative estimate of drug-likeness (QED) is 0.419. The van der Waals surface area contributed by atoms with Gasteiger partial charge in [0.2, 0.25) is 0 Å². The van der Waals surface area contributed by atoms with Gasteiger partial charge in [0, 0.05) is 6.42 Å². The summed E-state index contributed by atoms with van der Waals surface area (Å²) in [5.74, 6) is -0.209. The van der Waals surface area contributed by atoms with Crippen molar-refractivity contribution in [1.82, 2.24) is 0 Å². The van der Waals surface area contributed by atoms with Crippen molar-refractivity contribution in [1.29, 1.82) is 0 Å². The number of rotatable bonds is 5. The lowest BCUT2D eigenvalue weighted by Gasteiger charge is -2.00. The fourth-order valence-corrected chi connectivity index (χ4v) is 1.37. The van der Waals surface area contributed by atoms with Crippen LogP contribution in [0.5, 0.6) is 0 Å². The fourth-order valence-electron chi connectivity index (χ4n) is 0.656. The first-order chi connectivity index (χ1) is 5.45. The van der Waals surface area contributed by atoms with E-state index < -0.39 is 10.1 Å². The smallest absolute Gasteiger partial charge is 0.264 e. The molecular weight excluding hydrogens is 200 g/mol. The second kappa shape index (κ2) is 5.45. The number of hydrogen-bond donors (Lipinski definition) is 1. The Kier molecular flexibility index (Phi) is 5.36. The Morgan fingerprint density at radius 1 is 1.50 bits per heavy atom. The Labute approximate surface area is 77.7 Å². The van der Waals surface area contributed by atoms with Gasteiger partial charge in [-0.2, -0.15) is 8.42 Å². The topological polar surface area (TPSA) is 63.6 Å². The highest BCUT2D eigenvalue weighted by molar-refractivity contribution is 7.85. The third-order valence-electron chi connectivity index (χ3n) is 1.26. The maximum absolute atomic E-state index is 10.2. The lowest BCUT2D eigenvalue weighted by Crippen LogP contribution is -2.04. The molecule has 0 aromatic rings. The van der Waals surface area contributed by atoms with Crippen LogP contribution in [0, 0.1) is 0 Å². The summed E-state index contributed by atoms with van der Waals surface area (Å²) in [6.45, 7) is 0. The number of unbranched alkanes of at least 4 members (excludes halogenated alkanes) is 1. The van der Waals surface area contributed by atoms with Crippen molar-refractivity contribution < 1.29 is 17.7 Å². The van der Waals surface area contributed by atoms with Crippen molar-refractivity contribution in [2.24, 2.45) is 0 Å². The molecule has 0 amide bonds. The highest BCUT2D eigenvalue weighted by Crippen LogP contribution is 2.00. The zero-order chi connectivity index (χ0) is 9.61. The second-order valence-electron chi connectivity index (χ2n) is 2.32. The van der Waals surface area contributed by atoms with Gasteiger partial charge in [0.05, 0.1) is 12.9 Å². The van der Waals surface area contributed by atoms with Crippen molar-refractivity contribution in [2.75, 3.05) is 12.9 Å². The first kappa shape index (κ1) is 11.8. The molecular formula is C6H12O4S2. The summed E-state index contributed by atoms with van der Waals surface area (Å²) in [7, 11) is -2.34. The van der Waals surface area contributed by atoms with Gasteiger partial charge in [-0.05, 0) is 25.1 Å². The molecule has 0 aromatic carbocycles. The Bertz CT molecular complexity index is 232. The van der Waals surface area contributed by atoms with Crippen molar-refractivity contribution >= 4 is 27.4 Å². The first-order valence-corrected chi connectivity index (χ1v) is 5.49. The molecule has 0 aliphatic carbocycles. The Morgan fingerprint density at radius 2 is 2.08 bits per heavy atom. The van der Waals surface area contributed by atoms with E-state index in [4.69, 9.17) is 21.5 Å². The molecule has 72 valence electrons. The minimum atomic E-state index is -3.81. The normalized spacial score (nSPS) is 11.2. The van der Waals surface area contributed by atoms with Crippen molar-refractivity contribution in [3.63, 3.8) is 0 Å². The largest absolute Gasteiger partial charge is 0.490 e. The Hall–Kier alpha value is -0.200. The van der Waals surface area contributed by atoms with Gasteiger partial charge in [0.1, 0.15) is 0 Å². The molecule has 6 heteroatoms.